The number of rotatable bonds is 7. The zero-order chi connectivity index (χ0) is 14.2. The maximum atomic E-state index is 11.4. The molecule has 0 bridgehead atoms. The highest BCUT2D eigenvalue weighted by Crippen LogP contribution is 2.09. The monoisotopic (exact) mass is 258 g/mol. The molecule has 0 aromatic rings. The second-order valence-corrected chi connectivity index (χ2v) is 6.03. The molecule has 0 aromatic carbocycles. The molecule has 2 atom stereocenters. The smallest absolute Gasteiger partial charge is 0.407 e. The maximum Gasteiger partial charge on any atom is 0.407 e. The first-order valence-corrected chi connectivity index (χ1v) is 6.94. The summed E-state index contributed by atoms with van der Waals surface area (Å²) in [5.74, 6) is 0.742. The van der Waals surface area contributed by atoms with Crippen LogP contribution in [0, 0.1) is 5.92 Å². The summed E-state index contributed by atoms with van der Waals surface area (Å²) in [6.07, 6.45) is 2.03. The molecule has 0 fully saturated rings. The normalized spacial score (nSPS) is 15.0. The number of hydrogen-bond acceptors (Lipinski definition) is 3. The van der Waals surface area contributed by atoms with E-state index in [1.807, 2.05) is 20.8 Å². The molecule has 0 aliphatic rings. The quantitative estimate of drug-likeness (QED) is 0.690. The van der Waals surface area contributed by atoms with E-state index in [1.54, 1.807) is 0 Å². The first-order chi connectivity index (χ1) is 8.24. The minimum absolute atomic E-state index is 0.348. The number of carbonyl (C=O) groups is 1. The van der Waals surface area contributed by atoms with Crippen molar-refractivity contribution in [3.05, 3.63) is 0 Å². The molecule has 0 aromatic heterocycles. The van der Waals surface area contributed by atoms with Gasteiger partial charge in [0.15, 0.2) is 0 Å². The highest BCUT2D eigenvalue weighted by atomic mass is 16.6. The Hall–Kier alpha value is -0.770. The Bertz CT molecular complexity index is 236. The van der Waals surface area contributed by atoms with Crippen molar-refractivity contribution in [1.29, 1.82) is 0 Å². The van der Waals surface area contributed by atoms with Crippen LogP contribution in [0.5, 0.6) is 0 Å². The van der Waals surface area contributed by atoms with Crippen LogP contribution in [0.2, 0.25) is 0 Å². The minimum atomic E-state index is -0.429. The fourth-order valence-corrected chi connectivity index (χ4v) is 1.65. The van der Waals surface area contributed by atoms with E-state index in [0.717, 1.165) is 12.5 Å². The second-order valence-electron chi connectivity index (χ2n) is 6.03. The Kier molecular flexibility index (Phi) is 8.00. The lowest BCUT2D eigenvalue weighted by Crippen LogP contribution is -2.38. The molecule has 0 saturated carbocycles. The average Bonchev–Trinajstić information content (AvgIpc) is 2.21. The number of alkyl carbamates (subject to hydrolysis) is 1. The Labute approximate surface area is 112 Å². The van der Waals surface area contributed by atoms with Crippen LogP contribution in [-0.4, -0.2) is 30.8 Å². The summed E-state index contributed by atoms with van der Waals surface area (Å²) in [5.41, 5.74) is -0.429. The number of amides is 1. The third-order valence-corrected chi connectivity index (χ3v) is 2.74. The molecular formula is C14H30N2O2. The lowest BCUT2D eigenvalue weighted by molar-refractivity contribution is 0.0528. The summed E-state index contributed by atoms with van der Waals surface area (Å²) in [7, 11) is 0. The van der Waals surface area contributed by atoms with Gasteiger partial charge < -0.3 is 15.4 Å². The highest BCUT2D eigenvalue weighted by molar-refractivity contribution is 5.67. The number of ether oxygens (including phenoxy) is 1. The molecule has 0 heterocycles. The van der Waals surface area contributed by atoms with Gasteiger partial charge in [-0.05, 0) is 40.0 Å². The van der Waals surface area contributed by atoms with Gasteiger partial charge in [-0.3, -0.25) is 0 Å². The first kappa shape index (κ1) is 17.2. The van der Waals surface area contributed by atoms with Gasteiger partial charge in [-0.25, -0.2) is 4.79 Å². The van der Waals surface area contributed by atoms with Crippen molar-refractivity contribution in [1.82, 2.24) is 10.6 Å². The average molecular weight is 258 g/mol. The lowest BCUT2D eigenvalue weighted by Gasteiger charge is -2.20. The Morgan fingerprint density at radius 2 is 1.83 bits per heavy atom. The fraction of sp³-hybridized carbons (Fsp3) is 0.929. The summed E-state index contributed by atoms with van der Waals surface area (Å²) in [4.78, 5) is 11.4. The van der Waals surface area contributed by atoms with E-state index in [0.29, 0.717) is 12.6 Å². The fourth-order valence-electron chi connectivity index (χ4n) is 1.65. The summed E-state index contributed by atoms with van der Waals surface area (Å²) >= 11 is 0. The SMILES string of the molecule is CCC(C)CC(C)NCCNC(=O)OC(C)(C)C. The van der Waals surface area contributed by atoms with Gasteiger partial charge in [0.1, 0.15) is 5.60 Å². The van der Waals surface area contributed by atoms with E-state index in [9.17, 15) is 4.79 Å². The van der Waals surface area contributed by atoms with Crippen LogP contribution in [0.25, 0.3) is 0 Å². The topological polar surface area (TPSA) is 50.4 Å². The van der Waals surface area contributed by atoms with Gasteiger partial charge in [-0.1, -0.05) is 20.3 Å². The van der Waals surface area contributed by atoms with Crippen molar-refractivity contribution in [2.24, 2.45) is 5.92 Å². The zero-order valence-electron chi connectivity index (χ0n) is 12.8. The van der Waals surface area contributed by atoms with Crippen molar-refractivity contribution in [2.75, 3.05) is 13.1 Å². The van der Waals surface area contributed by atoms with E-state index in [1.165, 1.54) is 12.8 Å². The molecule has 0 aliphatic carbocycles. The van der Waals surface area contributed by atoms with Crippen molar-refractivity contribution in [2.45, 2.75) is 66.0 Å². The van der Waals surface area contributed by atoms with Crippen molar-refractivity contribution >= 4 is 6.09 Å². The maximum absolute atomic E-state index is 11.4. The van der Waals surface area contributed by atoms with Crippen molar-refractivity contribution in [3.63, 3.8) is 0 Å². The Morgan fingerprint density at radius 3 is 2.33 bits per heavy atom. The van der Waals surface area contributed by atoms with E-state index in [-0.39, 0.29) is 6.09 Å². The van der Waals surface area contributed by atoms with Gasteiger partial charge >= 0.3 is 6.09 Å². The third kappa shape index (κ3) is 10.4. The molecule has 0 rings (SSSR count). The number of nitrogens with one attached hydrogen (secondary N) is 2. The summed E-state index contributed by atoms with van der Waals surface area (Å²) in [6, 6.07) is 0.486. The van der Waals surface area contributed by atoms with E-state index < -0.39 is 5.60 Å². The minimum Gasteiger partial charge on any atom is -0.444 e. The highest BCUT2D eigenvalue weighted by Gasteiger charge is 2.15. The standard InChI is InChI=1S/C14H30N2O2/c1-7-11(2)10-12(3)15-8-9-16-13(17)18-14(4,5)6/h11-12,15H,7-10H2,1-6H3,(H,16,17). The van der Waals surface area contributed by atoms with Crippen molar-refractivity contribution < 1.29 is 9.53 Å². The molecule has 2 N–H and O–H groups in total. The second kappa shape index (κ2) is 8.35. The molecule has 0 saturated heterocycles. The molecule has 0 aliphatic heterocycles. The molecule has 0 radical (unpaired) electrons. The molecule has 0 spiro atoms. The largest absolute Gasteiger partial charge is 0.444 e. The van der Waals surface area contributed by atoms with Crippen LogP contribution in [0.15, 0.2) is 0 Å². The number of hydrogen-bond donors (Lipinski definition) is 2. The third-order valence-electron chi connectivity index (χ3n) is 2.74. The molecule has 1 amide bonds. The van der Waals surface area contributed by atoms with Crippen LogP contribution in [0.3, 0.4) is 0 Å². The van der Waals surface area contributed by atoms with Gasteiger partial charge in [-0.15, -0.1) is 0 Å². The summed E-state index contributed by atoms with van der Waals surface area (Å²) in [6.45, 7) is 13.6. The predicted molar refractivity (Wildman–Crippen MR) is 75.8 cm³/mol. The number of carbonyl (C=O) groups excluding carboxylic acids is 1. The van der Waals surface area contributed by atoms with Gasteiger partial charge in [-0.2, -0.15) is 0 Å². The first-order valence-electron chi connectivity index (χ1n) is 6.94. The van der Waals surface area contributed by atoms with Crippen LogP contribution in [-0.2, 0) is 4.74 Å². The zero-order valence-corrected chi connectivity index (χ0v) is 12.8. The van der Waals surface area contributed by atoms with Gasteiger partial charge in [0.2, 0.25) is 0 Å². The summed E-state index contributed by atoms with van der Waals surface area (Å²) in [5, 5.41) is 6.13. The lowest BCUT2D eigenvalue weighted by atomic mass is 10.0. The van der Waals surface area contributed by atoms with E-state index in [2.05, 4.69) is 31.4 Å². The molecule has 4 nitrogen and oxygen atoms in total. The Morgan fingerprint density at radius 1 is 1.22 bits per heavy atom. The van der Waals surface area contributed by atoms with Gasteiger partial charge in [0, 0.05) is 19.1 Å². The molecule has 2 unspecified atom stereocenters. The van der Waals surface area contributed by atoms with E-state index >= 15 is 0 Å². The van der Waals surface area contributed by atoms with Crippen LogP contribution in [0.1, 0.15) is 54.4 Å². The molecule has 18 heavy (non-hydrogen) atoms. The molecule has 108 valence electrons. The van der Waals surface area contributed by atoms with Crippen LogP contribution in [0.4, 0.5) is 4.79 Å². The predicted octanol–water partition coefficient (Wildman–Crippen LogP) is 2.93. The van der Waals surface area contributed by atoms with E-state index in [4.69, 9.17) is 4.74 Å². The van der Waals surface area contributed by atoms with Gasteiger partial charge in [0.05, 0.1) is 0 Å². The molecule has 4 heteroatoms. The van der Waals surface area contributed by atoms with Crippen molar-refractivity contribution in [3.8, 4) is 0 Å². The van der Waals surface area contributed by atoms with Crippen LogP contribution < -0.4 is 10.6 Å². The summed E-state index contributed by atoms with van der Waals surface area (Å²) < 4.78 is 5.15. The molecular weight excluding hydrogens is 228 g/mol. The Balaban J connectivity index is 3.58. The van der Waals surface area contributed by atoms with Crippen LogP contribution >= 0.6 is 0 Å². The van der Waals surface area contributed by atoms with Gasteiger partial charge in [0.25, 0.3) is 0 Å².